The average Bonchev–Trinajstić information content (AvgIpc) is 2.67. The van der Waals surface area contributed by atoms with Crippen LogP contribution >= 0.6 is 35.7 Å². The summed E-state index contributed by atoms with van der Waals surface area (Å²) in [5.74, 6) is 3.72. The molecule has 8 heteroatoms. The lowest BCUT2D eigenvalue weighted by Crippen LogP contribution is -2.37. The van der Waals surface area contributed by atoms with Gasteiger partial charge in [0.15, 0.2) is 17.5 Å². The molecule has 27 heavy (non-hydrogen) atoms. The first kappa shape index (κ1) is 23.4. The summed E-state index contributed by atoms with van der Waals surface area (Å²) in [5.41, 5.74) is 1.04. The molecule has 2 rings (SSSR count). The van der Waals surface area contributed by atoms with E-state index in [9.17, 15) is 0 Å². The van der Waals surface area contributed by atoms with Crippen LogP contribution in [0.5, 0.6) is 17.4 Å². The molecule has 2 aromatic rings. The standard InChI is InChI=1S/C19H26N4O2S.HI/c1-4-24-16-7-5-6-8-17(16)25-18-10-9-15(13-22-18)14-23-19(20-2)21-11-12-26-3;/h5-10,13H,4,11-12,14H2,1-3H3,(H2,20,21,23);1H. The molecule has 1 aromatic heterocycles. The van der Waals surface area contributed by atoms with E-state index < -0.39 is 0 Å². The molecule has 0 spiro atoms. The smallest absolute Gasteiger partial charge is 0.219 e. The van der Waals surface area contributed by atoms with Crippen molar-refractivity contribution in [2.75, 3.05) is 32.2 Å². The largest absolute Gasteiger partial charge is 0.490 e. The number of aliphatic imine (C=N–C) groups is 1. The van der Waals surface area contributed by atoms with Crippen molar-refractivity contribution >= 4 is 41.7 Å². The number of hydrogen-bond acceptors (Lipinski definition) is 5. The van der Waals surface area contributed by atoms with Crippen LogP contribution in [0.25, 0.3) is 0 Å². The first-order chi connectivity index (χ1) is 12.8. The summed E-state index contributed by atoms with van der Waals surface area (Å²) in [5, 5.41) is 6.53. The second-order valence-corrected chi connectivity index (χ2v) is 6.32. The van der Waals surface area contributed by atoms with Crippen molar-refractivity contribution in [3.8, 4) is 17.4 Å². The number of halogens is 1. The van der Waals surface area contributed by atoms with Crippen molar-refractivity contribution in [3.63, 3.8) is 0 Å². The first-order valence-corrected chi connectivity index (χ1v) is 9.94. The second-order valence-electron chi connectivity index (χ2n) is 5.33. The number of aromatic nitrogens is 1. The Hall–Kier alpha value is -1.68. The highest BCUT2D eigenvalue weighted by atomic mass is 127. The van der Waals surface area contributed by atoms with Gasteiger partial charge in [0, 0.05) is 38.2 Å². The van der Waals surface area contributed by atoms with Crippen molar-refractivity contribution in [2.45, 2.75) is 13.5 Å². The Kier molecular flexibility index (Phi) is 11.7. The van der Waals surface area contributed by atoms with Crippen LogP contribution in [0, 0.1) is 0 Å². The number of ether oxygens (including phenoxy) is 2. The molecule has 0 radical (unpaired) electrons. The van der Waals surface area contributed by atoms with Gasteiger partial charge >= 0.3 is 0 Å². The maximum atomic E-state index is 5.83. The molecule has 0 fully saturated rings. The number of nitrogens with zero attached hydrogens (tertiary/aromatic N) is 2. The van der Waals surface area contributed by atoms with Crippen LogP contribution in [0.15, 0.2) is 47.6 Å². The van der Waals surface area contributed by atoms with Crippen molar-refractivity contribution < 1.29 is 9.47 Å². The number of guanidine groups is 1. The van der Waals surface area contributed by atoms with Gasteiger partial charge in [0.25, 0.3) is 0 Å². The van der Waals surface area contributed by atoms with Gasteiger partial charge in [-0.05, 0) is 30.9 Å². The summed E-state index contributed by atoms with van der Waals surface area (Å²) in [6, 6.07) is 11.4. The van der Waals surface area contributed by atoms with Crippen LogP contribution in [-0.4, -0.2) is 43.2 Å². The highest BCUT2D eigenvalue weighted by Gasteiger charge is 2.06. The van der Waals surface area contributed by atoms with Crippen LogP contribution in [-0.2, 0) is 6.54 Å². The Labute approximate surface area is 182 Å². The number of nitrogens with one attached hydrogen (secondary N) is 2. The molecule has 148 valence electrons. The SMILES string of the molecule is CCOc1ccccc1Oc1ccc(CNC(=NC)NCCSC)cn1.I. The molecule has 1 heterocycles. The monoisotopic (exact) mass is 502 g/mol. The second kappa shape index (κ2) is 13.5. The number of thioether (sulfide) groups is 1. The molecule has 0 saturated carbocycles. The summed E-state index contributed by atoms with van der Waals surface area (Å²) in [6.45, 7) is 4.05. The minimum Gasteiger partial charge on any atom is -0.490 e. The summed E-state index contributed by atoms with van der Waals surface area (Å²) in [7, 11) is 1.76. The Morgan fingerprint density at radius 1 is 1.15 bits per heavy atom. The van der Waals surface area contributed by atoms with Gasteiger partial charge in [-0.2, -0.15) is 11.8 Å². The highest BCUT2D eigenvalue weighted by molar-refractivity contribution is 14.0. The number of rotatable bonds is 9. The van der Waals surface area contributed by atoms with E-state index in [0.29, 0.717) is 30.5 Å². The van der Waals surface area contributed by atoms with Crippen molar-refractivity contribution in [3.05, 3.63) is 48.2 Å². The van der Waals surface area contributed by atoms with Crippen molar-refractivity contribution in [2.24, 2.45) is 4.99 Å². The lowest BCUT2D eigenvalue weighted by molar-refractivity contribution is 0.319. The molecule has 0 atom stereocenters. The van der Waals surface area contributed by atoms with E-state index in [2.05, 4.69) is 26.9 Å². The van der Waals surface area contributed by atoms with Gasteiger partial charge in [0.05, 0.1) is 6.61 Å². The van der Waals surface area contributed by atoms with Gasteiger partial charge in [-0.3, -0.25) is 4.99 Å². The lowest BCUT2D eigenvalue weighted by Gasteiger charge is -2.12. The molecule has 0 aliphatic carbocycles. The number of benzene rings is 1. The van der Waals surface area contributed by atoms with Gasteiger partial charge in [0.2, 0.25) is 5.88 Å². The Bertz CT molecular complexity index is 698. The average molecular weight is 502 g/mol. The third-order valence-electron chi connectivity index (χ3n) is 3.44. The molecule has 0 bridgehead atoms. The summed E-state index contributed by atoms with van der Waals surface area (Å²) in [6.07, 6.45) is 3.88. The van der Waals surface area contributed by atoms with E-state index in [-0.39, 0.29) is 24.0 Å². The van der Waals surface area contributed by atoms with Crippen LogP contribution in [0.3, 0.4) is 0 Å². The molecule has 0 amide bonds. The zero-order valence-corrected chi connectivity index (χ0v) is 19.0. The summed E-state index contributed by atoms with van der Waals surface area (Å²) in [4.78, 5) is 8.57. The van der Waals surface area contributed by atoms with Gasteiger partial charge in [0.1, 0.15) is 0 Å². The molecule has 0 unspecified atom stereocenters. The van der Waals surface area contributed by atoms with Crippen LogP contribution in [0.4, 0.5) is 0 Å². The summed E-state index contributed by atoms with van der Waals surface area (Å²) < 4.78 is 11.4. The molecule has 0 aliphatic heterocycles. The van der Waals surface area contributed by atoms with Crippen LogP contribution in [0.2, 0.25) is 0 Å². The third-order valence-corrected chi connectivity index (χ3v) is 4.06. The molecule has 1 aromatic carbocycles. The van der Waals surface area contributed by atoms with E-state index in [1.54, 1.807) is 25.0 Å². The quantitative estimate of drug-likeness (QED) is 0.235. The number of hydrogen-bond donors (Lipinski definition) is 2. The van der Waals surface area contributed by atoms with Gasteiger partial charge < -0.3 is 20.1 Å². The molecule has 0 saturated heterocycles. The Morgan fingerprint density at radius 2 is 1.93 bits per heavy atom. The molecular weight excluding hydrogens is 475 g/mol. The topological polar surface area (TPSA) is 67.8 Å². The highest BCUT2D eigenvalue weighted by Crippen LogP contribution is 2.30. The zero-order chi connectivity index (χ0) is 18.6. The molecule has 0 aliphatic rings. The van der Waals surface area contributed by atoms with E-state index >= 15 is 0 Å². The summed E-state index contributed by atoms with van der Waals surface area (Å²) >= 11 is 1.80. The molecule has 6 nitrogen and oxygen atoms in total. The van der Waals surface area contributed by atoms with E-state index in [1.165, 1.54) is 0 Å². The van der Waals surface area contributed by atoms with Crippen molar-refractivity contribution in [1.29, 1.82) is 0 Å². The normalized spacial score (nSPS) is 10.7. The molecule has 2 N–H and O–H groups in total. The van der Waals surface area contributed by atoms with Gasteiger partial charge in [-0.1, -0.05) is 18.2 Å². The van der Waals surface area contributed by atoms with Crippen LogP contribution < -0.4 is 20.1 Å². The Morgan fingerprint density at radius 3 is 2.56 bits per heavy atom. The lowest BCUT2D eigenvalue weighted by atomic mass is 10.3. The predicted octanol–water partition coefficient (Wildman–Crippen LogP) is 3.92. The van der Waals surface area contributed by atoms with E-state index in [1.807, 2.05) is 43.3 Å². The molecular formula is C19H27IN4O2S. The first-order valence-electron chi connectivity index (χ1n) is 8.55. The Balaban J connectivity index is 0.00000364. The van der Waals surface area contributed by atoms with Gasteiger partial charge in [-0.25, -0.2) is 4.98 Å². The number of pyridine rings is 1. The zero-order valence-electron chi connectivity index (χ0n) is 15.9. The maximum absolute atomic E-state index is 5.83. The third kappa shape index (κ3) is 8.25. The minimum absolute atomic E-state index is 0. The number of para-hydroxylation sites is 2. The maximum Gasteiger partial charge on any atom is 0.219 e. The fraction of sp³-hybridized carbons (Fsp3) is 0.368. The fourth-order valence-electron chi connectivity index (χ4n) is 2.18. The van der Waals surface area contributed by atoms with E-state index in [0.717, 1.165) is 23.8 Å². The van der Waals surface area contributed by atoms with Crippen LogP contribution in [0.1, 0.15) is 12.5 Å². The van der Waals surface area contributed by atoms with Crippen molar-refractivity contribution in [1.82, 2.24) is 15.6 Å². The van der Waals surface area contributed by atoms with Gasteiger partial charge in [-0.15, -0.1) is 24.0 Å². The predicted molar refractivity (Wildman–Crippen MR) is 124 cm³/mol. The van der Waals surface area contributed by atoms with E-state index in [4.69, 9.17) is 9.47 Å². The minimum atomic E-state index is 0. The fourth-order valence-corrected chi connectivity index (χ4v) is 2.48.